The average Bonchev–Trinajstić information content (AvgIpc) is 2.02. The molecule has 0 spiro atoms. The summed E-state index contributed by atoms with van der Waals surface area (Å²) in [5, 5.41) is 0. The molecule has 6 heteroatoms. The number of hydrogen-bond acceptors (Lipinski definition) is 0. The first-order chi connectivity index (χ1) is 5.79. The lowest BCUT2D eigenvalue weighted by Crippen LogP contribution is -2.48. The highest BCUT2D eigenvalue weighted by atomic mass is 19.3. The molecule has 0 aliphatic rings. The van der Waals surface area contributed by atoms with Crippen LogP contribution < -0.4 is 0 Å². The van der Waals surface area contributed by atoms with Crippen molar-refractivity contribution in [3.05, 3.63) is 6.92 Å². The average molecular weight is 207 g/mol. The fourth-order valence-corrected chi connectivity index (χ4v) is 0.715. The molecular weight excluding hydrogens is 198 g/mol. The molecule has 0 nitrogen and oxygen atoms in total. The van der Waals surface area contributed by atoms with Gasteiger partial charge in [0.1, 0.15) is 6.67 Å². The SMILES string of the molecule is [CH2]CCC(F)(F)C(F)(F)[C@@H](F)CF. The topological polar surface area (TPSA) is 0 Å². The quantitative estimate of drug-likeness (QED) is 0.607. The Balaban J connectivity index is 4.58. The molecule has 0 fully saturated rings. The number of rotatable bonds is 5. The Hall–Kier alpha value is -0.420. The van der Waals surface area contributed by atoms with Gasteiger partial charge in [-0.15, -0.1) is 0 Å². The van der Waals surface area contributed by atoms with Gasteiger partial charge in [0.05, 0.1) is 0 Å². The molecule has 0 heterocycles. The molecule has 0 saturated heterocycles. The zero-order chi connectivity index (χ0) is 10.7. The first kappa shape index (κ1) is 12.6. The van der Waals surface area contributed by atoms with Crippen molar-refractivity contribution in [1.82, 2.24) is 0 Å². The van der Waals surface area contributed by atoms with Crippen LogP contribution in [0, 0.1) is 6.92 Å². The summed E-state index contributed by atoms with van der Waals surface area (Å²) in [6.45, 7) is 0.815. The van der Waals surface area contributed by atoms with Crippen molar-refractivity contribution in [1.29, 1.82) is 0 Å². The van der Waals surface area contributed by atoms with E-state index in [-0.39, 0.29) is 0 Å². The van der Waals surface area contributed by atoms with Gasteiger partial charge in [0.2, 0.25) is 0 Å². The van der Waals surface area contributed by atoms with Crippen LogP contribution >= 0.6 is 0 Å². The summed E-state index contributed by atoms with van der Waals surface area (Å²) in [6, 6.07) is 0. The highest BCUT2D eigenvalue weighted by molar-refractivity contribution is 4.90. The van der Waals surface area contributed by atoms with Crippen LogP contribution in [0.4, 0.5) is 26.3 Å². The van der Waals surface area contributed by atoms with E-state index in [0.717, 1.165) is 0 Å². The lowest BCUT2D eigenvalue weighted by Gasteiger charge is -2.27. The summed E-state index contributed by atoms with van der Waals surface area (Å²) in [4.78, 5) is 0. The van der Waals surface area contributed by atoms with E-state index in [9.17, 15) is 26.3 Å². The molecule has 0 bridgehead atoms. The summed E-state index contributed by atoms with van der Waals surface area (Å²) < 4.78 is 73.2. The molecule has 0 amide bonds. The summed E-state index contributed by atoms with van der Waals surface area (Å²) in [5.41, 5.74) is 0. The van der Waals surface area contributed by atoms with Crippen LogP contribution in [0.2, 0.25) is 0 Å². The third kappa shape index (κ3) is 2.51. The van der Waals surface area contributed by atoms with Gasteiger partial charge >= 0.3 is 11.8 Å². The highest BCUT2D eigenvalue weighted by Crippen LogP contribution is 2.41. The van der Waals surface area contributed by atoms with Crippen molar-refractivity contribution < 1.29 is 26.3 Å². The minimum Gasteiger partial charge on any atom is -0.248 e. The number of halogens is 6. The Morgan fingerprint density at radius 2 is 1.62 bits per heavy atom. The standard InChI is InChI=1S/C7H9F6/c1-2-3-6(10,11)7(12,13)5(9)4-8/h5H,1-4H2/t5-/m0/s1. The predicted octanol–water partition coefficient (Wildman–Crippen LogP) is 3.18. The van der Waals surface area contributed by atoms with E-state index in [1.54, 1.807) is 0 Å². The van der Waals surface area contributed by atoms with Gasteiger partial charge in [-0.3, -0.25) is 0 Å². The molecule has 79 valence electrons. The molecule has 0 aliphatic carbocycles. The smallest absolute Gasteiger partial charge is 0.248 e. The first-order valence-corrected chi connectivity index (χ1v) is 3.54. The molecule has 0 rings (SSSR count). The monoisotopic (exact) mass is 207 g/mol. The second-order valence-corrected chi connectivity index (χ2v) is 2.55. The van der Waals surface area contributed by atoms with Crippen LogP contribution in [0.25, 0.3) is 0 Å². The fourth-order valence-electron chi connectivity index (χ4n) is 0.715. The number of alkyl halides is 6. The van der Waals surface area contributed by atoms with Gasteiger partial charge in [-0.2, -0.15) is 17.6 Å². The summed E-state index contributed by atoms with van der Waals surface area (Å²) in [7, 11) is 0. The zero-order valence-corrected chi connectivity index (χ0v) is 6.67. The van der Waals surface area contributed by atoms with Crippen LogP contribution in [0.5, 0.6) is 0 Å². The lowest BCUT2D eigenvalue weighted by atomic mass is 10.0. The maximum absolute atomic E-state index is 12.4. The Kier molecular flexibility index (Phi) is 4.06. The molecule has 0 unspecified atom stereocenters. The number of hydrogen-bond donors (Lipinski definition) is 0. The molecule has 0 aromatic carbocycles. The molecule has 0 aliphatic heterocycles. The third-order valence-electron chi connectivity index (χ3n) is 1.51. The zero-order valence-electron chi connectivity index (χ0n) is 6.67. The molecule has 0 N–H and O–H groups in total. The minimum absolute atomic E-state index is 0.471. The normalized spacial score (nSPS) is 15.9. The lowest BCUT2D eigenvalue weighted by molar-refractivity contribution is -0.242. The molecular formula is C7H9F6. The molecule has 1 atom stereocenters. The summed E-state index contributed by atoms with van der Waals surface area (Å²) >= 11 is 0. The fraction of sp³-hybridized carbons (Fsp3) is 0.857. The van der Waals surface area contributed by atoms with E-state index < -0.39 is 37.5 Å². The van der Waals surface area contributed by atoms with Crippen molar-refractivity contribution in [2.75, 3.05) is 6.67 Å². The van der Waals surface area contributed by atoms with Gasteiger partial charge in [-0.25, -0.2) is 8.78 Å². The Bertz CT molecular complexity index is 155. The largest absolute Gasteiger partial charge is 0.343 e. The van der Waals surface area contributed by atoms with Crippen LogP contribution in [0.3, 0.4) is 0 Å². The first-order valence-electron chi connectivity index (χ1n) is 3.54. The van der Waals surface area contributed by atoms with Crippen LogP contribution in [0.1, 0.15) is 12.8 Å². The van der Waals surface area contributed by atoms with Gasteiger partial charge in [0.25, 0.3) is 0 Å². The molecule has 1 radical (unpaired) electrons. The van der Waals surface area contributed by atoms with Gasteiger partial charge in [-0.1, -0.05) is 6.92 Å². The Labute approximate surface area is 71.9 Å². The van der Waals surface area contributed by atoms with E-state index in [2.05, 4.69) is 6.92 Å². The molecule has 13 heavy (non-hydrogen) atoms. The van der Waals surface area contributed by atoms with Crippen LogP contribution in [0.15, 0.2) is 0 Å². The Morgan fingerprint density at radius 3 is 1.92 bits per heavy atom. The molecule has 0 saturated carbocycles. The molecule has 0 aromatic rings. The van der Waals surface area contributed by atoms with Gasteiger partial charge in [0.15, 0.2) is 6.17 Å². The van der Waals surface area contributed by atoms with E-state index in [1.165, 1.54) is 0 Å². The Morgan fingerprint density at radius 1 is 1.15 bits per heavy atom. The van der Waals surface area contributed by atoms with Gasteiger partial charge < -0.3 is 0 Å². The van der Waals surface area contributed by atoms with Crippen molar-refractivity contribution in [3.8, 4) is 0 Å². The highest BCUT2D eigenvalue weighted by Gasteiger charge is 2.60. The van der Waals surface area contributed by atoms with Gasteiger partial charge in [0, 0.05) is 6.42 Å². The predicted molar refractivity (Wildman–Crippen MR) is 35.4 cm³/mol. The van der Waals surface area contributed by atoms with Crippen molar-refractivity contribution in [2.24, 2.45) is 0 Å². The third-order valence-corrected chi connectivity index (χ3v) is 1.51. The van der Waals surface area contributed by atoms with Crippen LogP contribution in [-0.2, 0) is 0 Å². The van der Waals surface area contributed by atoms with Crippen molar-refractivity contribution >= 4 is 0 Å². The van der Waals surface area contributed by atoms with E-state index in [0.29, 0.717) is 0 Å². The second-order valence-electron chi connectivity index (χ2n) is 2.55. The second kappa shape index (κ2) is 4.19. The van der Waals surface area contributed by atoms with Crippen molar-refractivity contribution in [2.45, 2.75) is 30.9 Å². The van der Waals surface area contributed by atoms with Crippen molar-refractivity contribution in [3.63, 3.8) is 0 Å². The van der Waals surface area contributed by atoms with E-state index in [1.807, 2.05) is 0 Å². The van der Waals surface area contributed by atoms with Gasteiger partial charge in [-0.05, 0) is 6.42 Å². The van der Waals surface area contributed by atoms with E-state index >= 15 is 0 Å². The minimum atomic E-state index is -4.96. The van der Waals surface area contributed by atoms with Crippen LogP contribution in [-0.4, -0.2) is 24.7 Å². The summed E-state index contributed by atoms with van der Waals surface area (Å²) in [5.74, 6) is -9.50. The summed E-state index contributed by atoms with van der Waals surface area (Å²) in [6.07, 6.45) is -5.20. The maximum Gasteiger partial charge on any atom is 0.343 e. The van der Waals surface area contributed by atoms with E-state index in [4.69, 9.17) is 0 Å². The maximum atomic E-state index is 12.4. The molecule has 0 aromatic heterocycles.